The van der Waals surface area contributed by atoms with E-state index in [0.717, 1.165) is 16.5 Å². The van der Waals surface area contributed by atoms with Crippen molar-refractivity contribution >= 4 is 15.9 Å². The molecule has 20 heavy (non-hydrogen) atoms. The molecular formula is C18H15BrO. The Kier molecular flexibility index (Phi) is 3.20. The van der Waals surface area contributed by atoms with E-state index in [1.165, 1.54) is 22.3 Å². The number of aliphatic hydroxyl groups is 1. The lowest BCUT2D eigenvalue weighted by Crippen LogP contribution is -2.14. The minimum absolute atomic E-state index is 0.947. The van der Waals surface area contributed by atoms with Crippen molar-refractivity contribution in [2.75, 3.05) is 0 Å². The fraction of sp³-hybridized carbons (Fsp3) is 0.222. The Morgan fingerprint density at radius 1 is 1.05 bits per heavy atom. The zero-order valence-electron chi connectivity index (χ0n) is 11.5. The Morgan fingerprint density at radius 2 is 1.70 bits per heavy atom. The van der Waals surface area contributed by atoms with E-state index in [9.17, 15) is 5.11 Å². The minimum atomic E-state index is -0.952. The van der Waals surface area contributed by atoms with E-state index in [1.54, 1.807) is 13.8 Å². The van der Waals surface area contributed by atoms with Crippen molar-refractivity contribution in [3.05, 3.63) is 57.6 Å². The quantitative estimate of drug-likeness (QED) is 0.615. The van der Waals surface area contributed by atoms with Gasteiger partial charge in [-0.2, -0.15) is 0 Å². The lowest BCUT2D eigenvalue weighted by Gasteiger charge is -2.06. The molecule has 2 aromatic carbocycles. The normalized spacial score (nSPS) is 12.4. The summed E-state index contributed by atoms with van der Waals surface area (Å²) in [6.45, 7) is 3.39. The van der Waals surface area contributed by atoms with Crippen LogP contribution in [-0.2, 0) is 6.42 Å². The van der Waals surface area contributed by atoms with Gasteiger partial charge in [-0.25, -0.2) is 0 Å². The molecule has 0 amide bonds. The second kappa shape index (κ2) is 4.77. The molecule has 0 radical (unpaired) electrons. The van der Waals surface area contributed by atoms with Gasteiger partial charge in [-0.1, -0.05) is 39.9 Å². The fourth-order valence-electron chi connectivity index (χ4n) is 2.48. The number of halogens is 1. The van der Waals surface area contributed by atoms with E-state index >= 15 is 0 Å². The molecule has 0 atom stereocenters. The third-order valence-electron chi connectivity index (χ3n) is 3.36. The van der Waals surface area contributed by atoms with Gasteiger partial charge in [0.1, 0.15) is 5.60 Å². The first kappa shape index (κ1) is 13.4. The molecule has 1 nitrogen and oxygen atoms in total. The highest BCUT2D eigenvalue weighted by atomic mass is 79.9. The Morgan fingerprint density at radius 3 is 2.40 bits per heavy atom. The monoisotopic (exact) mass is 326 g/mol. The largest absolute Gasteiger partial charge is 0.378 e. The molecule has 2 heteroatoms. The van der Waals surface area contributed by atoms with E-state index in [2.05, 4.69) is 58.1 Å². The Hall–Kier alpha value is -1.56. The summed E-state index contributed by atoms with van der Waals surface area (Å²) in [4.78, 5) is 0. The van der Waals surface area contributed by atoms with Crippen molar-refractivity contribution in [3.8, 4) is 23.0 Å². The molecule has 0 bridgehead atoms. The van der Waals surface area contributed by atoms with Crippen molar-refractivity contribution in [2.45, 2.75) is 25.9 Å². The van der Waals surface area contributed by atoms with Crippen molar-refractivity contribution in [1.29, 1.82) is 0 Å². The summed E-state index contributed by atoms with van der Waals surface area (Å²) in [6.07, 6.45) is 0.947. The van der Waals surface area contributed by atoms with Gasteiger partial charge in [-0.15, -0.1) is 0 Å². The Bertz CT molecular complexity index is 742. The van der Waals surface area contributed by atoms with Gasteiger partial charge in [0.2, 0.25) is 0 Å². The van der Waals surface area contributed by atoms with E-state index in [-0.39, 0.29) is 0 Å². The summed E-state index contributed by atoms with van der Waals surface area (Å²) in [5.41, 5.74) is 5.26. The van der Waals surface area contributed by atoms with E-state index in [1.807, 2.05) is 6.07 Å². The van der Waals surface area contributed by atoms with Crippen molar-refractivity contribution < 1.29 is 5.11 Å². The number of hydrogen-bond acceptors (Lipinski definition) is 1. The van der Waals surface area contributed by atoms with Crippen LogP contribution in [0.3, 0.4) is 0 Å². The van der Waals surface area contributed by atoms with Crippen LogP contribution in [0.25, 0.3) is 11.1 Å². The van der Waals surface area contributed by atoms with Gasteiger partial charge in [0, 0.05) is 10.0 Å². The van der Waals surface area contributed by atoms with Crippen LogP contribution >= 0.6 is 15.9 Å². The molecule has 0 fully saturated rings. The van der Waals surface area contributed by atoms with Crippen LogP contribution < -0.4 is 0 Å². The number of fused-ring (bicyclic) bond motifs is 3. The number of rotatable bonds is 0. The van der Waals surface area contributed by atoms with Crippen LogP contribution in [0, 0.1) is 11.8 Å². The summed E-state index contributed by atoms with van der Waals surface area (Å²) in [7, 11) is 0. The highest BCUT2D eigenvalue weighted by Crippen LogP contribution is 2.38. The Labute approximate surface area is 127 Å². The summed E-state index contributed by atoms with van der Waals surface area (Å²) in [5, 5.41) is 9.67. The minimum Gasteiger partial charge on any atom is -0.378 e. The molecule has 100 valence electrons. The molecule has 0 spiro atoms. The lowest BCUT2D eigenvalue weighted by atomic mass is 10.0. The molecule has 0 heterocycles. The zero-order valence-corrected chi connectivity index (χ0v) is 13.1. The predicted molar refractivity (Wildman–Crippen MR) is 85.6 cm³/mol. The molecular weight excluding hydrogens is 312 g/mol. The smallest absolute Gasteiger partial charge is 0.120 e. The fourth-order valence-corrected chi connectivity index (χ4v) is 2.89. The van der Waals surface area contributed by atoms with Gasteiger partial charge >= 0.3 is 0 Å². The molecule has 1 aliphatic rings. The van der Waals surface area contributed by atoms with Crippen molar-refractivity contribution in [2.24, 2.45) is 0 Å². The summed E-state index contributed by atoms with van der Waals surface area (Å²) >= 11 is 3.52. The molecule has 0 aromatic heterocycles. The summed E-state index contributed by atoms with van der Waals surface area (Å²) in [5.74, 6) is 5.90. The van der Waals surface area contributed by atoms with Gasteiger partial charge in [0.05, 0.1) is 0 Å². The second-order valence-corrected chi connectivity index (χ2v) is 6.57. The molecule has 1 aliphatic carbocycles. The van der Waals surface area contributed by atoms with E-state index in [4.69, 9.17) is 0 Å². The van der Waals surface area contributed by atoms with Crippen LogP contribution in [0.1, 0.15) is 30.5 Å². The van der Waals surface area contributed by atoms with Crippen LogP contribution in [-0.4, -0.2) is 10.7 Å². The average molecular weight is 327 g/mol. The SMILES string of the molecule is CC(C)(O)C#Cc1ccc2c(c1)Cc1cc(Br)ccc1-2. The van der Waals surface area contributed by atoms with Gasteiger partial charge in [0.15, 0.2) is 0 Å². The molecule has 0 aliphatic heterocycles. The van der Waals surface area contributed by atoms with E-state index < -0.39 is 5.60 Å². The third-order valence-corrected chi connectivity index (χ3v) is 3.85. The van der Waals surface area contributed by atoms with Crippen molar-refractivity contribution in [1.82, 2.24) is 0 Å². The standard InChI is InChI=1S/C18H15BrO/c1-18(2,20)8-7-12-3-5-16-13(9-12)10-14-11-15(19)4-6-17(14)16/h3-6,9,11,20H,10H2,1-2H3. The van der Waals surface area contributed by atoms with Crippen LogP contribution in [0.2, 0.25) is 0 Å². The number of benzene rings is 2. The Balaban J connectivity index is 2.00. The maximum atomic E-state index is 9.67. The van der Waals surface area contributed by atoms with E-state index in [0.29, 0.717) is 0 Å². The third kappa shape index (κ3) is 2.65. The molecule has 1 N–H and O–H groups in total. The van der Waals surface area contributed by atoms with Crippen LogP contribution in [0.5, 0.6) is 0 Å². The van der Waals surface area contributed by atoms with Gasteiger partial charge < -0.3 is 5.11 Å². The molecule has 0 saturated carbocycles. The zero-order chi connectivity index (χ0) is 14.3. The first-order chi connectivity index (χ1) is 9.42. The summed E-state index contributed by atoms with van der Waals surface area (Å²) in [6, 6.07) is 12.7. The predicted octanol–water partition coefficient (Wildman–Crippen LogP) is 4.14. The second-order valence-electron chi connectivity index (χ2n) is 5.66. The highest BCUT2D eigenvalue weighted by Gasteiger charge is 2.18. The van der Waals surface area contributed by atoms with Gasteiger partial charge in [-0.3, -0.25) is 0 Å². The lowest BCUT2D eigenvalue weighted by molar-refractivity contribution is 0.143. The average Bonchev–Trinajstić information content (AvgIpc) is 2.71. The maximum absolute atomic E-state index is 9.67. The molecule has 2 aromatic rings. The highest BCUT2D eigenvalue weighted by molar-refractivity contribution is 9.10. The van der Waals surface area contributed by atoms with Crippen LogP contribution in [0.4, 0.5) is 0 Å². The first-order valence-electron chi connectivity index (χ1n) is 6.60. The molecule has 0 saturated heterocycles. The number of hydrogen-bond donors (Lipinski definition) is 1. The molecule has 0 unspecified atom stereocenters. The summed E-state index contributed by atoms with van der Waals surface area (Å²) < 4.78 is 1.12. The molecule has 3 rings (SSSR count). The maximum Gasteiger partial charge on any atom is 0.120 e. The van der Waals surface area contributed by atoms with Crippen LogP contribution in [0.15, 0.2) is 40.9 Å². The van der Waals surface area contributed by atoms with Gasteiger partial charge in [0.25, 0.3) is 0 Å². The van der Waals surface area contributed by atoms with Gasteiger partial charge in [-0.05, 0) is 66.8 Å². The topological polar surface area (TPSA) is 20.2 Å². The first-order valence-corrected chi connectivity index (χ1v) is 7.39. The van der Waals surface area contributed by atoms with Crippen molar-refractivity contribution in [3.63, 3.8) is 0 Å².